The number of hydrogen-bond acceptors (Lipinski definition) is 4. The zero-order valence-electron chi connectivity index (χ0n) is 24.1. The van der Waals surface area contributed by atoms with Gasteiger partial charge in [0.15, 0.2) is 0 Å². The summed E-state index contributed by atoms with van der Waals surface area (Å²) in [7, 11) is -4.08. The van der Waals surface area contributed by atoms with Gasteiger partial charge in [0, 0.05) is 13.1 Å². The molecule has 2 amide bonds. The van der Waals surface area contributed by atoms with E-state index >= 15 is 0 Å². The number of nitrogens with one attached hydrogen (secondary N) is 1. The Balaban J connectivity index is 2.02. The summed E-state index contributed by atoms with van der Waals surface area (Å²) in [6.45, 7) is 9.95. The van der Waals surface area contributed by atoms with Gasteiger partial charge < -0.3 is 10.2 Å². The lowest BCUT2D eigenvalue weighted by atomic mass is 10.1. The Bertz CT molecular complexity index is 1380. The van der Waals surface area contributed by atoms with Gasteiger partial charge in [-0.15, -0.1) is 0 Å². The lowest BCUT2D eigenvalue weighted by Gasteiger charge is -2.33. The molecule has 0 aliphatic carbocycles. The van der Waals surface area contributed by atoms with Crippen molar-refractivity contribution in [3.8, 4) is 0 Å². The minimum atomic E-state index is -4.08. The van der Waals surface area contributed by atoms with Crippen LogP contribution in [0.5, 0.6) is 0 Å². The van der Waals surface area contributed by atoms with Crippen molar-refractivity contribution >= 4 is 27.5 Å². The van der Waals surface area contributed by atoms with E-state index in [0.717, 1.165) is 16.7 Å². The molecule has 0 aliphatic rings. The summed E-state index contributed by atoms with van der Waals surface area (Å²) >= 11 is 0. The van der Waals surface area contributed by atoms with Crippen molar-refractivity contribution in [3.63, 3.8) is 0 Å². The lowest BCUT2D eigenvalue weighted by Crippen LogP contribution is -2.53. The van der Waals surface area contributed by atoms with Crippen LogP contribution in [-0.2, 0) is 26.0 Å². The smallest absolute Gasteiger partial charge is 0.264 e. The van der Waals surface area contributed by atoms with Gasteiger partial charge in [-0.25, -0.2) is 8.42 Å². The fourth-order valence-corrected chi connectivity index (χ4v) is 6.03. The number of nitrogens with zero attached hydrogens (tertiary/aromatic N) is 2. The van der Waals surface area contributed by atoms with Crippen LogP contribution in [0.15, 0.2) is 83.8 Å². The normalized spacial score (nSPS) is 12.2. The SMILES string of the molecule is CC[C@H](C(=O)NCC(C)C)N(CCc1ccccc1)C(=O)CN(c1cc(C)ccc1C)S(=O)(=O)c1ccccc1. The van der Waals surface area contributed by atoms with Crippen LogP contribution in [-0.4, -0.2) is 50.8 Å². The van der Waals surface area contributed by atoms with Crippen molar-refractivity contribution in [2.45, 2.75) is 58.4 Å². The summed E-state index contributed by atoms with van der Waals surface area (Å²) in [5.41, 5.74) is 3.08. The van der Waals surface area contributed by atoms with Crippen molar-refractivity contribution in [3.05, 3.63) is 95.6 Å². The minimum Gasteiger partial charge on any atom is -0.354 e. The number of carbonyl (C=O) groups excluding carboxylic acids is 2. The van der Waals surface area contributed by atoms with Crippen LogP contribution in [0.25, 0.3) is 0 Å². The highest BCUT2D eigenvalue weighted by Gasteiger charge is 2.34. The molecule has 1 atom stereocenters. The second kappa shape index (κ2) is 14.1. The van der Waals surface area contributed by atoms with E-state index in [2.05, 4.69) is 5.32 Å². The molecule has 0 spiro atoms. The van der Waals surface area contributed by atoms with Gasteiger partial charge in [-0.2, -0.15) is 0 Å². The summed E-state index contributed by atoms with van der Waals surface area (Å²) in [6, 6.07) is 22.7. The van der Waals surface area contributed by atoms with Crippen LogP contribution < -0.4 is 9.62 Å². The molecule has 0 fully saturated rings. The Morgan fingerprint density at radius 2 is 1.52 bits per heavy atom. The predicted octanol–water partition coefficient (Wildman–Crippen LogP) is 5.12. The van der Waals surface area contributed by atoms with Crippen LogP contribution in [0.4, 0.5) is 5.69 Å². The third-order valence-electron chi connectivity index (χ3n) is 6.80. The molecule has 0 unspecified atom stereocenters. The molecule has 0 saturated heterocycles. The fourth-order valence-electron chi connectivity index (χ4n) is 4.54. The summed E-state index contributed by atoms with van der Waals surface area (Å²) in [6.07, 6.45) is 0.939. The Labute approximate surface area is 239 Å². The molecule has 0 radical (unpaired) electrons. The zero-order valence-corrected chi connectivity index (χ0v) is 24.9. The monoisotopic (exact) mass is 563 g/mol. The van der Waals surface area contributed by atoms with Gasteiger partial charge in [0.2, 0.25) is 11.8 Å². The van der Waals surface area contributed by atoms with E-state index in [-0.39, 0.29) is 23.3 Å². The van der Waals surface area contributed by atoms with Crippen LogP contribution in [0.2, 0.25) is 0 Å². The maximum absolute atomic E-state index is 14.1. The second-order valence-corrected chi connectivity index (χ2v) is 12.4. The summed E-state index contributed by atoms with van der Waals surface area (Å²) in [5.74, 6) is -0.407. The predicted molar refractivity (Wildman–Crippen MR) is 161 cm³/mol. The molecule has 0 heterocycles. The van der Waals surface area contributed by atoms with Crippen molar-refractivity contribution in [2.24, 2.45) is 5.92 Å². The number of aryl methyl sites for hydroxylation is 2. The Morgan fingerprint density at radius 1 is 0.900 bits per heavy atom. The fraction of sp³-hybridized carbons (Fsp3) is 0.375. The first-order valence-electron chi connectivity index (χ1n) is 13.8. The number of amides is 2. The third-order valence-corrected chi connectivity index (χ3v) is 8.57. The highest BCUT2D eigenvalue weighted by atomic mass is 32.2. The van der Waals surface area contributed by atoms with E-state index in [1.54, 1.807) is 29.2 Å². The molecule has 214 valence electrons. The molecule has 0 saturated carbocycles. The van der Waals surface area contributed by atoms with E-state index in [1.807, 2.05) is 77.1 Å². The summed E-state index contributed by atoms with van der Waals surface area (Å²) in [5, 5.41) is 2.96. The van der Waals surface area contributed by atoms with Gasteiger partial charge in [0.1, 0.15) is 12.6 Å². The molecule has 0 aromatic heterocycles. The maximum Gasteiger partial charge on any atom is 0.264 e. The highest BCUT2D eigenvalue weighted by molar-refractivity contribution is 7.92. The number of anilines is 1. The molecule has 3 aromatic carbocycles. The molecular formula is C32H41N3O4S. The maximum atomic E-state index is 14.1. The molecule has 3 rings (SSSR count). The molecule has 3 aromatic rings. The van der Waals surface area contributed by atoms with Gasteiger partial charge in [-0.3, -0.25) is 13.9 Å². The largest absolute Gasteiger partial charge is 0.354 e. The lowest BCUT2D eigenvalue weighted by molar-refractivity contribution is -0.139. The molecule has 7 nitrogen and oxygen atoms in total. The van der Waals surface area contributed by atoms with Crippen LogP contribution in [0.1, 0.15) is 43.9 Å². The third kappa shape index (κ3) is 7.94. The number of carbonyl (C=O) groups is 2. The molecule has 0 bridgehead atoms. The van der Waals surface area contributed by atoms with Crippen molar-refractivity contribution in [2.75, 3.05) is 23.9 Å². The minimum absolute atomic E-state index is 0.0984. The number of rotatable bonds is 13. The topological polar surface area (TPSA) is 86.8 Å². The van der Waals surface area contributed by atoms with E-state index < -0.39 is 28.5 Å². The molecule has 0 aliphatic heterocycles. The first kappa shape index (κ1) is 30.9. The standard InChI is InChI=1S/C32H41N3O4S/c1-6-29(32(37)33-22-24(2)3)34(20-19-27-13-9-7-10-14-27)31(36)23-35(30-21-25(4)17-18-26(30)5)40(38,39)28-15-11-8-12-16-28/h7-18,21,24,29H,6,19-20,22-23H2,1-5H3,(H,33,37)/t29-/m1/s1. The first-order chi connectivity index (χ1) is 19.0. The zero-order chi connectivity index (χ0) is 29.3. The Hall–Kier alpha value is -3.65. The number of sulfonamides is 1. The number of benzene rings is 3. The van der Waals surface area contributed by atoms with Crippen molar-refractivity contribution < 1.29 is 18.0 Å². The van der Waals surface area contributed by atoms with Crippen LogP contribution >= 0.6 is 0 Å². The Kier molecular flexibility index (Phi) is 10.9. The number of hydrogen-bond donors (Lipinski definition) is 1. The van der Waals surface area contributed by atoms with Crippen molar-refractivity contribution in [1.29, 1.82) is 0 Å². The average Bonchev–Trinajstić information content (AvgIpc) is 2.94. The van der Waals surface area contributed by atoms with Crippen molar-refractivity contribution in [1.82, 2.24) is 10.2 Å². The first-order valence-corrected chi connectivity index (χ1v) is 15.2. The van der Waals surface area contributed by atoms with E-state index in [4.69, 9.17) is 0 Å². The van der Waals surface area contributed by atoms with E-state index in [9.17, 15) is 18.0 Å². The molecule has 8 heteroatoms. The van der Waals surface area contributed by atoms with Crippen LogP contribution in [0, 0.1) is 19.8 Å². The highest BCUT2D eigenvalue weighted by Crippen LogP contribution is 2.28. The molecule has 40 heavy (non-hydrogen) atoms. The van der Waals surface area contributed by atoms with E-state index in [0.29, 0.717) is 25.1 Å². The quantitative estimate of drug-likeness (QED) is 0.313. The average molecular weight is 564 g/mol. The molecule has 1 N–H and O–H groups in total. The van der Waals surface area contributed by atoms with Crippen LogP contribution in [0.3, 0.4) is 0 Å². The van der Waals surface area contributed by atoms with Gasteiger partial charge >= 0.3 is 0 Å². The van der Waals surface area contributed by atoms with Gasteiger partial charge in [0.05, 0.1) is 10.6 Å². The van der Waals surface area contributed by atoms with E-state index in [1.165, 1.54) is 16.4 Å². The van der Waals surface area contributed by atoms with Gasteiger partial charge in [0.25, 0.3) is 10.0 Å². The van der Waals surface area contributed by atoms with Gasteiger partial charge in [-0.05, 0) is 67.5 Å². The Morgan fingerprint density at radius 3 is 2.12 bits per heavy atom. The summed E-state index contributed by atoms with van der Waals surface area (Å²) < 4.78 is 29.1. The van der Waals surface area contributed by atoms with Gasteiger partial charge in [-0.1, -0.05) is 81.4 Å². The molecular weight excluding hydrogens is 522 g/mol. The second-order valence-electron chi connectivity index (χ2n) is 10.5. The summed E-state index contributed by atoms with van der Waals surface area (Å²) in [4.78, 5) is 29.0.